The molecule has 0 aliphatic heterocycles. The Balaban J connectivity index is -0.000000130. The molecular weight excluding hydrogens is 497 g/mol. The van der Waals surface area contributed by atoms with Crippen LogP contribution in [-0.4, -0.2) is 39.3 Å². The minimum absolute atomic E-state index is 0. The summed E-state index contributed by atoms with van der Waals surface area (Å²) < 4.78 is 0. The van der Waals surface area contributed by atoms with Crippen LogP contribution in [0.3, 0.4) is 0 Å². The van der Waals surface area contributed by atoms with Gasteiger partial charge in [0.2, 0.25) is 0 Å². The third-order valence-corrected chi connectivity index (χ3v) is 2.14. The number of allylic oxidation sites excluding steroid dienone is 4. The fourth-order valence-electron chi connectivity index (χ4n) is 1.11. The van der Waals surface area contributed by atoms with E-state index < -0.39 is 0 Å². The number of hydrogen-bond donors (Lipinski definition) is 0. The van der Waals surface area contributed by atoms with Gasteiger partial charge in [-0.2, -0.15) is 6.08 Å². The van der Waals surface area contributed by atoms with Crippen LogP contribution >= 0.6 is 0 Å². The molecule has 0 saturated heterocycles. The zero-order chi connectivity index (χ0) is 20.1. The van der Waals surface area contributed by atoms with Gasteiger partial charge in [0.15, 0.2) is 0 Å². The van der Waals surface area contributed by atoms with Crippen LogP contribution in [0.15, 0.2) is 94.2 Å². The molecular formula is C23H35HfN3. The summed E-state index contributed by atoms with van der Waals surface area (Å²) in [6.45, 7) is 25.5. The molecule has 0 heterocycles. The van der Waals surface area contributed by atoms with E-state index in [1.54, 1.807) is 36.5 Å². The van der Waals surface area contributed by atoms with E-state index in [9.17, 15) is 0 Å². The fourth-order valence-corrected chi connectivity index (χ4v) is 1.11. The Morgan fingerprint density at radius 1 is 0.630 bits per heavy atom. The first-order chi connectivity index (χ1) is 12.7. The molecule has 146 valence electrons. The molecule has 1 aliphatic carbocycles. The number of hydrogen-bond acceptors (Lipinski definition) is 0. The van der Waals surface area contributed by atoms with E-state index in [0.29, 0.717) is 0 Å². The van der Waals surface area contributed by atoms with Gasteiger partial charge in [0.1, 0.15) is 0 Å². The molecule has 0 bridgehead atoms. The van der Waals surface area contributed by atoms with E-state index in [2.05, 4.69) is 67.6 Å². The van der Waals surface area contributed by atoms with Gasteiger partial charge in [0, 0.05) is 0 Å². The zero-order valence-electron chi connectivity index (χ0n) is 16.7. The average molecular weight is 532 g/mol. The topological polar surface area (TPSA) is 42.3 Å². The van der Waals surface area contributed by atoms with Gasteiger partial charge in [-0.15, -0.1) is 122 Å². The minimum atomic E-state index is 0. The predicted molar refractivity (Wildman–Crippen MR) is 122 cm³/mol. The molecule has 0 saturated carbocycles. The van der Waals surface area contributed by atoms with Gasteiger partial charge in [-0.3, -0.25) is 6.08 Å². The summed E-state index contributed by atoms with van der Waals surface area (Å²) >= 11 is 0. The van der Waals surface area contributed by atoms with Crippen molar-refractivity contribution in [2.24, 2.45) is 0 Å². The largest absolute Gasteiger partial charge is 4.00 e. The minimum Gasteiger partial charge on any atom is -0.656 e. The van der Waals surface area contributed by atoms with E-state index in [-0.39, 0.29) is 25.8 Å². The van der Waals surface area contributed by atoms with Crippen molar-refractivity contribution in [1.82, 2.24) is 0 Å². The quantitative estimate of drug-likeness (QED) is 0.119. The molecule has 27 heavy (non-hydrogen) atoms. The Bertz CT molecular complexity index is 322. The molecule has 1 rings (SSSR count). The van der Waals surface area contributed by atoms with Crippen molar-refractivity contribution in [1.29, 1.82) is 0 Å². The van der Waals surface area contributed by atoms with Crippen molar-refractivity contribution >= 4 is 0 Å². The summed E-state index contributed by atoms with van der Waals surface area (Å²) in [4.78, 5) is 0. The van der Waals surface area contributed by atoms with Crippen molar-refractivity contribution in [3.05, 3.63) is 116 Å². The van der Waals surface area contributed by atoms with Crippen LogP contribution in [0.1, 0.15) is 6.42 Å². The van der Waals surface area contributed by atoms with Crippen molar-refractivity contribution in [2.75, 3.05) is 39.3 Å². The van der Waals surface area contributed by atoms with Gasteiger partial charge in [0.25, 0.3) is 0 Å². The SMILES string of the molecule is C=CC[N-]CC=C.C=CC[N-]CC=C.C=CC[N-]CC=C.[C-]1=CC=CC1.[Hf+4]. The second kappa shape index (κ2) is 39.7. The van der Waals surface area contributed by atoms with Crippen LogP contribution in [-0.2, 0) is 25.8 Å². The molecule has 0 amide bonds. The summed E-state index contributed by atoms with van der Waals surface area (Å²) in [7, 11) is 0. The van der Waals surface area contributed by atoms with E-state index in [0.717, 1.165) is 45.7 Å². The molecule has 4 heteroatoms. The molecule has 0 radical (unpaired) electrons. The first kappa shape index (κ1) is 33.3. The Morgan fingerprint density at radius 3 is 1.04 bits per heavy atom. The van der Waals surface area contributed by atoms with Crippen LogP contribution in [0.25, 0.3) is 16.0 Å². The molecule has 1 aliphatic rings. The van der Waals surface area contributed by atoms with E-state index in [4.69, 9.17) is 0 Å². The van der Waals surface area contributed by atoms with Crippen molar-refractivity contribution in [3.63, 3.8) is 0 Å². The average Bonchev–Trinajstić information content (AvgIpc) is 3.24. The molecule has 0 N–H and O–H groups in total. The van der Waals surface area contributed by atoms with Crippen molar-refractivity contribution < 1.29 is 25.8 Å². The monoisotopic (exact) mass is 533 g/mol. The van der Waals surface area contributed by atoms with Crippen LogP contribution < -0.4 is 0 Å². The van der Waals surface area contributed by atoms with Crippen LogP contribution in [0.2, 0.25) is 0 Å². The van der Waals surface area contributed by atoms with Crippen molar-refractivity contribution in [2.45, 2.75) is 6.42 Å². The summed E-state index contributed by atoms with van der Waals surface area (Å²) in [6, 6.07) is 0. The molecule has 0 atom stereocenters. The molecule has 0 aromatic rings. The van der Waals surface area contributed by atoms with Gasteiger partial charge in [-0.05, 0) is 0 Å². The second-order valence-corrected chi connectivity index (χ2v) is 4.50. The van der Waals surface area contributed by atoms with E-state index >= 15 is 0 Å². The third-order valence-electron chi connectivity index (χ3n) is 2.14. The maximum atomic E-state index is 3.97. The fraction of sp³-hybridized carbons (Fsp3) is 0.304. The summed E-state index contributed by atoms with van der Waals surface area (Å²) in [6.07, 6.45) is 20.6. The molecule has 0 unspecified atom stereocenters. The van der Waals surface area contributed by atoms with E-state index in [1.165, 1.54) is 0 Å². The Morgan fingerprint density at radius 2 is 0.926 bits per heavy atom. The van der Waals surface area contributed by atoms with Crippen LogP contribution in [0.4, 0.5) is 0 Å². The first-order valence-corrected chi connectivity index (χ1v) is 8.51. The maximum Gasteiger partial charge on any atom is 4.00 e. The first-order valence-electron chi connectivity index (χ1n) is 8.51. The van der Waals surface area contributed by atoms with E-state index in [1.807, 2.05) is 12.2 Å². The van der Waals surface area contributed by atoms with Crippen LogP contribution in [0, 0.1) is 6.08 Å². The number of rotatable bonds is 12. The van der Waals surface area contributed by atoms with Gasteiger partial charge >= 0.3 is 25.8 Å². The smallest absolute Gasteiger partial charge is 0.656 e. The van der Waals surface area contributed by atoms with Crippen molar-refractivity contribution in [3.8, 4) is 0 Å². The Hall–Kier alpha value is -1.33. The normalized spacial score (nSPS) is 9.48. The Kier molecular flexibility index (Phi) is 48.9. The molecule has 0 spiro atoms. The second-order valence-electron chi connectivity index (χ2n) is 4.50. The summed E-state index contributed by atoms with van der Waals surface area (Å²) in [5.41, 5.74) is 0. The van der Waals surface area contributed by atoms with Crippen LogP contribution in [0.5, 0.6) is 0 Å². The van der Waals surface area contributed by atoms with Gasteiger partial charge in [-0.1, -0.05) is 0 Å². The standard InChI is InChI=1S/3C6H10N.C5H5.Hf/c3*1-3-5-7-6-4-2;1-2-4-5-3-1;/h3*3-4H,1-2,5-6H2;1-3H,4H2;/q4*-1;+4. The summed E-state index contributed by atoms with van der Waals surface area (Å²) in [5, 5.41) is 11.9. The van der Waals surface area contributed by atoms with Gasteiger partial charge in [0.05, 0.1) is 0 Å². The predicted octanol–water partition coefficient (Wildman–Crippen LogP) is 6.50. The Labute approximate surface area is 187 Å². The maximum absolute atomic E-state index is 3.97. The zero-order valence-corrected chi connectivity index (χ0v) is 20.3. The third kappa shape index (κ3) is 51.6. The molecule has 0 aromatic heterocycles. The molecule has 0 aromatic carbocycles. The molecule has 3 nitrogen and oxygen atoms in total. The molecule has 0 fully saturated rings. The van der Waals surface area contributed by atoms with Gasteiger partial charge < -0.3 is 16.0 Å². The van der Waals surface area contributed by atoms with Gasteiger partial charge in [-0.25, -0.2) is 12.2 Å². The number of nitrogens with zero attached hydrogens (tertiary/aromatic N) is 3. The summed E-state index contributed by atoms with van der Waals surface area (Å²) in [5.74, 6) is 0.